The van der Waals surface area contributed by atoms with E-state index in [1.807, 2.05) is 13.8 Å². The summed E-state index contributed by atoms with van der Waals surface area (Å²) in [6.45, 7) is 8.99. The van der Waals surface area contributed by atoms with E-state index >= 15 is 0 Å². The van der Waals surface area contributed by atoms with Gasteiger partial charge in [-0.15, -0.1) is 5.10 Å². The predicted molar refractivity (Wildman–Crippen MR) is 75.0 cm³/mol. The maximum atomic E-state index is 10.6. The summed E-state index contributed by atoms with van der Waals surface area (Å²) in [5.41, 5.74) is 5.15. The second-order valence-corrected chi connectivity index (χ2v) is 5.10. The topological polar surface area (TPSA) is 50.9 Å². The average molecular weight is 259 g/mol. The lowest BCUT2D eigenvalue weighted by Gasteiger charge is -2.18. The number of aryl methyl sites for hydroxylation is 4. The molecule has 0 radical (unpaired) electrons. The molecule has 102 valence electrons. The van der Waals surface area contributed by atoms with Gasteiger partial charge in [0.2, 0.25) is 0 Å². The lowest BCUT2D eigenvalue weighted by atomic mass is 9.94. The zero-order chi connectivity index (χ0) is 14.0. The molecule has 0 aliphatic rings. The first kappa shape index (κ1) is 13.7. The van der Waals surface area contributed by atoms with Gasteiger partial charge in [-0.25, -0.2) is 4.68 Å². The summed E-state index contributed by atoms with van der Waals surface area (Å²) in [4.78, 5) is 0. The molecule has 0 aliphatic carbocycles. The Morgan fingerprint density at radius 1 is 1.21 bits per heavy atom. The number of nitrogens with zero attached hydrogens (tertiary/aromatic N) is 3. The highest BCUT2D eigenvalue weighted by Gasteiger charge is 2.20. The number of aromatic nitrogens is 3. The van der Waals surface area contributed by atoms with Crippen LogP contribution < -0.4 is 0 Å². The Balaban J connectivity index is 2.44. The van der Waals surface area contributed by atoms with Gasteiger partial charge in [-0.05, 0) is 43.9 Å². The van der Waals surface area contributed by atoms with E-state index in [0.29, 0.717) is 0 Å². The standard InChI is InChI=1S/C15H21N3O/c1-5-6-18-13(9-16-17-18)15(19)14-11(3)7-10(2)8-12(14)4/h7-9,15,19H,5-6H2,1-4H3. The molecule has 0 fully saturated rings. The van der Waals surface area contributed by atoms with Gasteiger partial charge in [0.05, 0.1) is 11.9 Å². The van der Waals surface area contributed by atoms with Crippen LogP contribution in [0.2, 0.25) is 0 Å². The molecule has 4 nitrogen and oxygen atoms in total. The molecule has 1 aromatic carbocycles. The fraction of sp³-hybridized carbons (Fsp3) is 0.467. The van der Waals surface area contributed by atoms with Crippen LogP contribution in [0.3, 0.4) is 0 Å². The van der Waals surface area contributed by atoms with Crippen LogP contribution in [-0.2, 0) is 6.54 Å². The zero-order valence-corrected chi connectivity index (χ0v) is 12.0. The summed E-state index contributed by atoms with van der Waals surface area (Å²) in [7, 11) is 0. The molecule has 2 aromatic rings. The van der Waals surface area contributed by atoms with Crippen molar-refractivity contribution in [2.24, 2.45) is 0 Å². The highest BCUT2D eigenvalue weighted by molar-refractivity contribution is 5.41. The SMILES string of the molecule is CCCn1nncc1C(O)c1c(C)cc(C)cc1C. The monoisotopic (exact) mass is 259 g/mol. The first-order valence-electron chi connectivity index (χ1n) is 6.68. The molecule has 1 aromatic heterocycles. The Kier molecular flexibility index (Phi) is 4.00. The van der Waals surface area contributed by atoms with Gasteiger partial charge in [-0.1, -0.05) is 29.8 Å². The number of aliphatic hydroxyl groups excluding tert-OH is 1. The van der Waals surface area contributed by atoms with Gasteiger partial charge in [0, 0.05) is 6.54 Å². The van der Waals surface area contributed by atoms with Crippen molar-refractivity contribution < 1.29 is 5.11 Å². The Hall–Kier alpha value is -1.68. The molecule has 4 heteroatoms. The summed E-state index contributed by atoms with van der Waals surface area (Å²) >= 11 is 0. The smallest absolute Gasteiger partial charge is 0.123 e. The molecule has 1 atom stereocenters. The first-order valence-corrected chi connectivity index (χ1v) is 6.68. The number of hydrogen-bond donors (Lipinski definition) is 1. The molecule has 1 N–H and O–H groups in total. The van der Waals surface area contributed by atoms with Gasteiger partial charge >= 0.3 is 0 Å². The molecule has 0 bridgehead atoms. The minimum atomic E-state index is -0.665. The predicted octanol–water partition coefficient (Wildman–Crippen LogP) is 2.70. The van der Waals surface area contributed by atoms with Gasteiger partial charge in [0.25, 0.3) is 0 Å². The Morgan fingerprint density at radius 2 is 1.84 bits per heavy atom. The van der Waals surface area contributed by atoms with Crippen LogP contribution in [0.5, 0.6) is 0 Å². The molecular formula is C15H21N3O. The summed E-state index contributed by atoms with van der Waals surface area (Å²) in [6.07, 6.45) is 1.95. The van der Waals surface area contributed by atoms with E-state index in [-0.39, 0.29) is 0 Å². The van der Waals surface area contributed by atoms with Crippen molar-refractivity contribution in [2.75, 3.05) is 0 Å². The minimum Gasteiger partial charge on any atom is -0.382 e. The van der Waals surface area contributed by atoms with Gasteiger partial charge in [0.15, 0.2) is 0 Å². The molecular weight excluding hydrogens is 238 g/mol. The van der Waals surface area contributed by atoms with E-state index in [9.17, 15) is 5.11 Å². The van der Waals surface area contributed by atoms with Gasteiger partial charge in [0.1, 0.15) is 6.10 Å². The van der Waals surface area contributed by atoms with Crippen molar-refractivity contribution in [3.05, 3.63) is 46.3 Å². The molecule has 0 aliphatic heterocycles. The van der Waals surface area contributed by atoms with E-state index in [4.69, 9.17) is 0 Å². The maximum absolute atomic E-state index is 10.6. The van der Waals surface area contributed by atoms with Crippen molar-refractivity contribution in [3.8, 4) is 0 Å². The van der Waals surface area contributed by atoms with Crippen LogP contribution in [-0.4, -0.2) is 20.1 Å². The fourth-order valence-electron chi connectivity index (χ4n) is 2.63. The quantitative estimate of drug-likeness (QED) is 0.918. The van der Waals surface area contributed by atoms with Crippen molar-refractivity contribution in [2.45, 2.75) is 46.8 Å². The largest absolute Gasteiger partial charge is 0.382 e. The Morgan fingerprint density at radius 3 is 2.42 bits per heavy atom. The molecule has 2 rings (SSSR count). The second-order valence-electron chi connectivity index (χ2n) is 5.10. The van der Waals surface area contributed by atoms with E-state index in [1.165, 1.54) is 5.56 Å². The summed E-state index contributed by atoms with van der Waals surface area (Å²) in [5, 5.41) is 18.6. The van der Waals surface area contributed by atoms with Crippen LogP contribution >= 0.6 is 0 Å². The number of hydrogen-bond acceptors (Lipinski definition) is 3. The molecule has 0 saturated heterocycles. The number of rotatable bonds is 4. The molecule has 0 saturated carbocycles. The van der Waals surface area contributed by atoms with Crippen molar-refractivity contribution >= 4 is 0 Å². The van der Waals surface area contributed by atoms with Crippen LogP contribution in [0.25, 0.3) is 0 Å². The zero-order valence-electron chi connectivity index (χ0n) is 12.0. The lowest BCUT2D eigenvalue weighted by Crippen LogP contribution is -2.12. The van der Waals surface area contributed by atoms with Crippen molar-refractivity contribution in [1.82, 2.24) is 15.0 Å². The lowest BCUT2D eigenvalue weighted by molar-refractivity contribution is 0.206. The van der Waals surface area contributed by atoms with Crippen LogP contribution in [0.1, 0.15) is 47.4 Å². The van der Waals surface area contributed by atoms with Crippen molar-refractivity contribution in [3.63, 3.8) is 0 Å². The van der Waals surface area contributed by atoms with Crippen molar-refractivity contribution in [1.29, 1.82) is 0 Å². The molecule has 1 heterocycles. The van der Waals surface area contributed by atoms with Gasteiger partial charge in [-0.2, -0.15) is 0 Å². The third kappa shape index (κ3) is 2.68. The molecule has 19 heavy (non-hydrogen) atoms. The van der Waals surface area contributed by atoms with E-state index < -0.39 is 6.10 Å². The van der Waals surface area contributed by atoms with Crippen LogP contribution in [0, 0.1) is 20.8 Å². The third-order valence-corrected chi connectivity index (χ3v) is 3.37. The van der Waals surface area contributed by atoms with Crippen LogP contribution in [0.15, 0.2) is 18.3 Å². The normalized spacial score (nSPS) is 12.7. The number of benzene rings is 1. The van der Waals surface area contributed by atoms with Gasteiger partial charge in [-0.3, -0.25) is 0 Å². The highest BCUT2D eigenvalue weighted by atomic mass is 16.3. The maximum Gasteiger partial charge on any atom is 0.123 e. The highest BCUT2D eigenvalue weighted by Crippen LogP contribution is 2.28. The summed E-state index contributed by atoms with van der Waals surface area (Å²) in [5.74, 6) is 0. The Labute approximate surface area is 114 Å². The molecule has 0 spiro atoms. The van der Waals surface area contributed by atoms with E-state index in [1.54, 1.807) is 10.9 Å². The van der Waals surface area contributed by atoms with Gasteiger partial charge < -0.3 is 5.11 Å². The Bertz CT molecular complexity index is 552. The van der Waals surface area contributed by atoms with Crippen LogP contribution in [0.4, 0.5) is 0 Å². The molecule has 0 amide bonds. The first-order chi connectivity index (χ1) is 9.04. The fourth-order valence-corrected chi connectivity index (χ4v) is 2.63. The summed E-state index contributed by atoms with van der Waals surface area (Å²) in [6, 6.07) is 4.19. The van der Waals surface area contributed by atoms with E-state index in [0.717, 1.165) is 35.3 Å². The number of aliphatic hydroxyl groups is 1. The minimum absolute atomic E-state index is 0.665. The van der Waals surface area contributed by atoms with E-state index in [2.05, 4.69) is 36.3 Å². The average Bonchev–Trinajstić information content (AvgIpc) is 2.76. The third-order valence-electron chi connectivity index (χ3n) is 3.37. The molecule has 1 unspecified atom stereocenters. The summed E-state index contributed by atoms with van der Waals surface area (Å²) < 4.78 is 1.78. The second kappa shape index (κ2) is 5.53.